The van der Waals surface area contributed by atoms with Crippen molar-refractivity contribution in [3.05, 3.63) is 29.8 Å². The average molecular weight is 200 g/mol. The fourth-order valence-corrected chi connectivity index (χ4v) is 2.01. The van der Waals surface area contributed by atoms with Gasteiger partial charge in [0.25, 0.3) is 0 Å². The zero-order valence-corrected chi connectivity index (χ0v) is 8.87. The Bertz CT molecular complexity index is 378. The van der Waals surface area contributed by atoms with Crippen LogP contribution in [0.25, 0.3) is 0 Å². The minimum atomic E-state index is 0.292. The first-order chi connectivity index (χ1) is 7.36. The third-order valence-corrected chi connectivity index (χ3v) is 2.92. The van der Waals surface area contributed by atoms with Gasteiger partial charge in [-0.05, 0) is 25.0 Å². The standard InChI is InChI=1S/C14H16O/c15-14-9-5-4-8-13(14)11-10-12-6-2-1-3-7-12/h4-5,8-9,12,15H,1-3,6-7H2. The predicted molar refractivity (Wildman–Crippen MR) is 61.6 cm³/mol. The number of para-hydroxylation sites is 1. The molecular formula is C14H16O. The second-order valence-electron chi connectivity index (χ2n) is 4.12. The first kappa shape index (κ1) is 10.1. The number of phenolic OH excluding ortho intramolecular Hbond substituents is 1. The van der Waals surface area contributed by atoms with Crippen LogP contribution in [0.3, 0.4) is 0 Å². The highest BCUT2D eigenvalue weighted by molar-refractivity contribution is 5.45. The van der Waals surface area contributed by atoms with Gasteiger partial charge in [-0.1, -0.05) is 43.2 Å². The van der Waals surface area contributed by atoms with Crippen molar-refractivity contribution >= 4 is 0 Å². The fourth-order valence-electron chi connectivity index (χ4n) is 2.01. The maximum absolute atomic E-state index is 9.54. The van der Waals surface area contributed by atoms with Crippen molar-refractivity contribution in [1.82, 2.24) is 0 Å². The number of rotatable bonds is 0. The van der Waals surface area contributed by atoms with E-state index in [4.69, 9.17) is 0 Å². The number of hydrogen-bond acceptors (Lipinski definition) is 1. The van der Waals surface area contributed by atoms with E-state index in [1.54, 1.807) is 6.07 Å². The molecule has 1 aromatic rings. The van der Waals surface area contributed by atoms with Gasteiger partial charge in [-0.15, -0.1) is 0 Å². The Hall–Kier alpha value is -1.42. The lowest BCUT2D eigenvalue weighted by Crippen LogP contribution is -2.02. The number of phenols is 1. The molecule has 1 heteroatoms. The van der Waals surface area contributed by atoms with Gasteiger partial charge in [-0.3, -0.25) is 0 Å². The molecule has 1 aromatic carbocycles. The minimum absolute atomic E-state index is 0.292. The average Bonchev–Trinajstić information content (AvgIpc) is 2.29. The topological polar surface area (TPSA) is 20.2 Å². The molecule has 0 radical (unpaired) electrons. The lowest BCUT2D eigenvalue weighted by Gasteiger charge is -2.15. The summed E-state index contributed by atoms with van der Waals surface area (Å²) in [6.07, 6.45) is 6.41. The summed E-state index contributed by atoms with van der Waals surface area (Å²) in [5.41, 5.74) is 0.753. The van der Waals surface area contributed by atoms with Crippen molar-refractivity contribution in [2.24, 2.45) is 5.92 Å². The quantitative estimate of drug-likeness (QED) is 0.637. The number of aromatic hydroxyl groups is 1. The van der Waals surface area contributed by atoms with Gasteiger partial charge in [0, 0.05) is 5.92 Å². The Labute approximate surface area is 91.1 Å². The molecule has 2 rings (SSSR count). The molecule has 1 fully saturated rings. The van der Waals surface area contributed by atoms with Gasteiger partial charge >= 0.3 is 0 Å². The largest absolute Gasteiger partial charge is 0.507 e. The maximum atomic E-state index is 9.54. The summed E-state index contributed by atoms with van der Waals surface area (Å²) >= 11 is 0. The fraction of sp³-hybridized carbons (Fsp3) is 0.429. The summed E-state index contributed by atoms with van der Waals surface area (Å²) in [5.74, 6) is 7.18. The van der Waals surface area contributed by atoms with Crippen molar-refractivity contribution in [2.75, 3.05) is 0 Å². The van der Waals surface area contributed by atoms with Gasteiger partial charge in [0.1, 0.15) is 5.75 Å². The smallest absolute Gasteiger partial charge is 0.131 e. The number of hydrogen-bond donors (Lipinski definition) is 1. The van der Waals surface area contributed by atoms with E-state index in [9.17, 15) is 5.11 Å². The third kappa shape index (κ3) is 2.76. The molecule has 1 N–H and O–H groups in total. The van der Waals surface area contributed by atoms with E-state index in [1.807, 2.05) is 18.2 Å². The van der Waals surface area contributed by atoms with Gasteiger partial charge < -0.3 is 5.11 Å². The summed E-state index contributed by atoms with van der Waals surface area (Å²) in [5, 5.41) is 9.54. The molecule has 1 aliphatic carbocycles. The Balaban J connectivity index is 2.07. The first-order valence-corrected chi connectivity index (χ1v) is 5.66. The van der Waals surface area contributed by atoms with Crippen molar-refractivity contribution in [2.45, 2.75) is 32.1 Å². The molecule has 0 saturated heterocycles. The Morgan fingerprint density at radius 2 is 1.80 bits per heavy atom. The molecule has 1 aliphatic rings. The van der Waals surface area contributed by atoms with E-state index >= 15 is 0 Å². The van der Waals surface area contributed by atoms with E-state index in [1.165, 1.54) is 32.1 Å². The van der Waals surface area contributed by atoms with Crippen molar-refractivity contribution in [3.63, 3.8) is 0 Å². The van der Waals surface area contributed by atoms with Crippen LogP contribution in [0.5, 0.6) is 5.75 Å². The molecule has 78 valence electrons. The summed E-state index contributed by atoms with van der Waals surface area (Å²) in [4.78, 5) is 0. The lowest BCUT2D eigenvalue weighted by atomic mass is 9.89. The van der Waals surface area contributed by atoms with Crippen LogP contribution in [0, 0.1) is 17.8 Å². The summed E-state index contributed by atoms with van der Waals surface area (Å²) < 4.78 is 0. The van der Waals surface area contributed by atoms with Gasteiger partial charge in [0.05, 0.1) is 5.56 Å². The van der Waals surface area contributed by atoms with Crippen molar-refractivity contribution in [3.8, 4) is 17.6 Å². The van der Waals surface area contributed by atoms with Crippen molar-refractivity contribution in [1.29, 1.82) is 0 Å². The van der Waals surface area contributed by atoms with Crippen LogP contribution in [0.1, 0.15) is 37.7 Å². The molecule has 0 amide bonds. The second-order valence-corrected chi connectivity index (χ2v) is 4.12. The number of benzene rings is 1. The molecule has 1 nitrogen and oxygen atoms in total. The highest BCUT2D eigenvalue weighted by Gasteiger charge is 2.09. The van der Waals surface area contributed by atoms with E-state index in [-0.39, 0.29) is 0 Å². The predicted octanol–water partition coefficient (Wildman–Crippen LogP) is 3.32. The molecule has 0 aromatic heterocycles. The van der Waals surface area contributed by atoms with Crippen LogP contribution in [0.2, 0.25) is 0 Å². The molecule has 0 unspecified atom stereocenters. The van der Waals surface area contributed by atoms with Gasteiger partial charge in [-0.25, -0.2) is 0 Å². The summed E-state index contributed by atoms with van der Waals surface area (Å²) in [6, 6.07) is 7.28. The highest BCUT2D eigenvalue weighted by Crippen LogP contribution is 2.23. The van der Waals surface area contributed by atoms with E-state index in [0.717, 1.165) is 5.56 Å². The molecular weight excluding hydrogens is 184 g/mol. The molecule has 0 bridgehead atoms. The van der Waals surface area contributed by atoms with Crippen LogP contribution in [0.4, 0.5) is 0 Å². The second kappa shape index (κ2) is 4.89. The summed E-state index contributed by atoms with van der Waals surface area (Å²) in [7, 11) is 0. The molecule has 0 atom stereocenters. The first-order valence-electron chi connectivity index (χ1n) is 5.66. The molecule has 0 heterocycles. The van der Waals surface area contributed by atoms with Crippen LogP contribution >= 0.6 is 0 Å². The monoisotopic (exact) mass is 200 g/mol. The van der Waals surface area contributed by atoms with Gasteiger partial charge in [0.15, 0.2) is 0 Å². The normalized spacial score (nSPS) is 16.8. The maximum Gasteiger partial charge on any atom is 0.131 e. The van der Waals surface area contributed by atoms with Crippen LogP contribution in [0.15, 0.2) is 24.3 Å². The molecule has 0 aliphatic heterocycles. The molecule has 15 heavy (non-hydrogen) atoms. The highest BCUT2D eigenvalue weighted by atomic mass is 16.3. The SMILES string of the molecule is Oc1ccccc1C#CC1CCCCC1. The minimum Gasteiger partial charge on any atom is -0.507 e. The van der Waals surface area contributed by atoms with Crippen LogP contribution in [-0.2, 0) is 0 Å². The molecule has 0 spiro atoms. The molecule has 1 saturated carbocycles. The van der Waals surface area contributed by atoms with Crippen LogP contribution in [-0.4, -0.2) is 5.11 Å². The van der Waals surface area contributed by atoms with Crippen LogP contribution < -0.4 is 0 Å². The van der Waals surface area contributed by atoms with E-state index in [0.29, 0.717) is 11.7 Å². The zero-order chi connectivity index (χ0) is 10.5. The Morgan fingerprint density at radius 1 is 1.07 bits per heavy atom. The zero-order valence-electron chi connectivity index (χ0n) is 8.87. The Kier molecular flexibility index (Phi) is 3.29. The van der Waals surface area contributed by atoms with E-state index < -0.39 is 0 Å². The van der Waals surface area contributed by atoms with Crippen molar-refractivity contribution < 1.29 is 5.11 Å². The van der Waals surface area contributed by atoms with Gasteiger partial charge in [0.2, 0.25) is 0 Å². The van der Waals surface area contributed by atoms with E-state index in [2.05, 4.69) is 11.8 Å². The summed E-state index contributed by atoms with van der Waals surface area (Å²) in [6.45, 7) is 0. The third-order valence-electron chi connectivity index (χ3n) is 2.92. The lowest BCUT2D eigenvalue weighted by molar-refractivity contribution is 0.430. The Morgan fingerprint density at radius 3 is 2.53 bits per heavy atom. The van der Waals surface area contributed by atoms with Gasteiger partial charge in [-0.2, -0.15) is 0 Å².